The van der Waals surface area contributed by atoms with Gasteiger partial charge in [-0.05, 0) is 12.5 Å². The quantitative estimate of drug-likeness (QED) is 0.456. The SMILES string of the molecule is CC[C@@H](Sc1ncnc2nc[nH]c12)C(=O)Nc1cc(Cl)c(OC)cc1OC. The Morgan fingerprint density at radius 1 is 1.26 bits per heavy atom. The van der Waals surface area contributed by atoms with Gasteiger partial charge in [0.05, 0.1) is 36.5 Å². The molecular formula is C17H18ClN5O3S. The summed E-state index contributed by atoms with van der Waals surface area (Å²) in [6.45, 7) is 1.93. The minimum atomic E-state index is -0.378. The highest BCUT2D eigenvalue weighted by molar-refractivity contribution is 8.00. The van der Waals surface area contributed by atoms with E-state index in [1.54, 1.807) is 18.5 Å². The minimum Gasteiger partial charge on any atom is -0.495 e. The lowest BCUT2D eigenvalue weighted by molar-refractivity contribution is -0.115. The van der Waals surface area contributed by atoms with E-state index in [9.17, 15) is 4.79 Å². The Kier molecular flexibility index (Phi) is 6.02. The third-order valence-electron chi connectivity index (χ3n) is 3.84. The van der Waals surface area contributed by atoms with Gasteiger partial charge in [0, 0.05) is 6.07 Å². The molecule has 1 aromatic carbocycles. The van der Waals surface area contributed by atoms with Gasteiger partial charge in [0.1, 0.15) is 28.4 Å². The summed E-state index contributed by atoms with van der Waals surface area (Å²) in [6, 6.07) is 3.23. The zero-order chi connectivity index (χ0) is 19.4. The zero-order valence-corrected chi connectivity index (χ0v) is 16.5. The number of hydrogen-bond donors (Lipinski definition) is 2. The number of amides is 1. The fourth-order valence-electron chi connectivity index (χ4n) is 2.46. The van der Waals surface area contributed by atoms with Crippen LogP contribution < -0.4 is 14.8 Å². The highest BCUT2D eigenvalue weighted by atomic mass is 35.5. The number of imidazole rings is 1. The first-order valence-electron chi connectivity index (χ1n) is 8.10. The van der Waals surface area contributed by atoms with E-state index >= 15 is 0 Å². The van der Waals surface area contributed by atoms with E-state index in [2.05, 4.69) is 25.3 Å². The molecule has 2 aromatic heterocycles. The van der Waals surface area contributed by atoms with Gasteiger partial charge in [-0.1, -0.05) is 30.3 Å². The van der Waals surface area contributed by atoms with Crippen molar-refractivity contribution in [2.24, 2.45) is 0 Å². The molecule has 1 amide bonds. The number of rotatable bonds is 7. The van der Waals surface area contributed by atoms with Crippen molar-refractivity contribution in [1.29, 1.82) is 0 Å². The molecule has 0 spiro atoms. The average molecular weight is 408 g/mol. The number of carbonyl (C=O) groups is 1. The van der Waals surface area contributed by atoms with Crippen LogP contribution in [0.5, 0.6) is 11.5 Å². The van der Waals surface area contributed by atoms with Crippen molar-refractivity contribution < 1.29 is 14.3 Å². The molecule has 27 heavy (non-hydrogen) atoms. The Hall–Kier alpha value is -2.52. The van der Waals surface area contributed by atoms with Gasteiger partial charge in [-0.25, -0.2) is 15.0 Å². The number of H-pyrrole nitrogens is 1. The number of halogens is 1. The maximum atomic E-state index is 12.8. The van der Waals surface area contributed by atoms with E-state index in [1.165, 1.54) is 32.3 Å². The normalized spacial score (nSPS) is 12.0. The van der Waals surface area contributed by atoms with Crippen molar-refractivity contribution in [2.45, 2.75) is 23.6 Å². The lowest BCUT2D eigenvalue weighted by Crippen LogP contribution is -2.25. The van der Waals surface area contributed by atoms with Crippen LogP contribution in [0.25, 0.3) is 11.2 Å². The number of methoxy groups -OCH3 is 2. The number of fused-ring (bicyclic) bond motifs is 1. The van der Waals surface area contributed by atoms with Crippen LogP contribution in [-0.4, -0.2) is 45.3 Å². The van der Waals surface area contributed by atoms with E-state index in [4.69, 9.17) is 21.1 Å². The number of ether oxygens (including phenoxy) is 2. The van der Waals surface area contributed by atoms with E-state index in [0.29, 0.717) is 44.8 Å². The molecule has 3 aromatic rings. The van der Waals surface area contributed by atoms with Gasteiger partial charge in [0.2, 0.25) is 5.91 Å². The van der Waals surface area contributed by atoms with Crippen LogP contribution in [0.4, 0.5) is 5.69 Å². The minimum absolute atomic E-state index is 0.187. The van der Waals surface area contributed by atoms with E-state index in [-0.39, 0.29) is 11.2 Å². The summed E-state index contributed by atoms with van der Waals surface area (Å²) in [4.78, 5) is 28.3. The number of carbonyl (C=O) groups excluding carboxylic acids is 1. The molecule has 2 N–H and O–H groups in total. The van der Waals surface area contributed by atoms with Gasteiger partial charge >= 0.3 is 0 Å². The topological polar surface area (TPSA) is 102 Å². The molecule has 0 fully saturated rings. The van der Waals surface area contributed by atoms with Gasteiger partial charge in [-0.15, -0.1) is 0 Å². The number of aromatic amines is 1. The predicted octanol–water partition coefficient (Wildman–Crippen LogP) is 3.53. The summed E-state index contributed by atoms with van der Waals surface area (Å²) >= 11 is 7.52. The molecule has 0 saturated carbocycles. The van der Waals surface area contributed by atoms with Crippen LogP contribution in [0, 0.1) is 0 Å². The number of thioether (sulfide) groups is 1. The highest BCUT2D eigenvalue weighted by Gasteiger charge is 2.22. The lowest BCUT2D eigenvalue weighted by Gasteiger charge is -2.17. The lowest BCUT2D eigenvalue weighted by atomic mass is 10.2. The van der Waals surface area contributed by atoms with Crippen molar-refractivity contribution >= 4 is 46.1 Å². The fraction of sp³-hybridized carbons (Fsp3) is 0.294. The molecule has 0 radical (unpaired) electrons. The van der Waals surface area contributed by atoms with Gasteiger partial charge in [-0.2, -0.15) is 0 Å². The van der Waals surface area contributed by atoms with Gasteiger partial charge in [0.25, 0.3) is 0 Å². The second-order valence-electron chi connectivity index (χ2n) is 5.47. The molecule has 0 aliphatic rings. The van der Waals surface area contributed by atoms with Crippen LogP contribution in [0.15, 0.2) is 29.8 Å². The molecular weight excluding hydrogens is 390 g/mol. The van der Waals surface area contributed by atoms with Crippen molar-refractivity contribution in [2.75, 3.05) is 19.5 Å². The summed E-state index contributed by atoms with van der Waals surface area (Å²) in [6.07, 6.45) is 3.58. The Morgan fingerprint density at radius 2 is 2.04 bits per heavy atom. The highest BCUT2D eigenvalue weighted by Crippen LogP contribution is 2.37. The second-order valence-corrected chi connectivity index (χ2v) is 7.07. The van der Waals surface area contributed by atoms with E-state index < -0.39 is 0 Å². The van der Waals surface area contributed by atoms with Gasteiger partial charge < -0.3 is 19.8 Å². The summed E-state index contributed by atoms with van der Waals surface area (Å²) in [5, 5.41) is 3.54. The molecule has 142 valence electrons. The Morgan fingerprint density at radius 3 is 2.74 bits per heavy atom. The number of nitrogens with one attached hydrogen (secondary N) is 2. The number of hydrogen-bond acceptors (Lipinski definition) is 7. The predicted molar refractivity (Wildman–Crippen MR) is 105 cm³/mol. The smallest absolute Gasteiger partial charge is 0.238 e. The van der Waals surface area contributed by atoms with Crippen molar-refractivity contribution in [3.63, 3.8) is 0 Å². The van der Waals surface area contributed by atoms with Gasteiger partial charge in [-0.3, -0.25) is 4.79 Å². The number of anilines is 1. The Balaban J connectivity index is 1.82. The van der Waals surface area contributed by atoms with Crippen LogP contribution in [0.1, 0.15) is 13.3 Å². The summed E-state index contributed by atoms with van der Waals surface area (Å²) in [5.74, 6) is 0.742. The molecule has 2 heterocycles. The summed E-state index contributed by atoms with van der Waals surface area (Å²) < 4.78 is 10.5. The first kappa shape index (κ1) is 19.2. The summed E-state index contributed by atoms with van der Waals surface area (Å²) in [7, 11) is 3.03. The van der Waals surface area contributed by atoms with E-state index in [1.807, 2.05) is 6.92 Å². The molecule has 10 heteroatoms. The number of benzene rings is 1. The Labute approximate surface area is 165 Å². The standard InChI is InChI=1S/C17H18ClN5O3S/c1-4-13(27-17-14-15(20-7-19-14)21-8-22-17)16(24)23-10-5-9(18)11(25-2)6-12(10)26-3/h5-8,13H,4H2,1-3H3,(H,23,24)(H,19,20,21,22)/t13-/m1/s1. The Bertz CT molecular complexity index is 965. The number of aromatic nitrogens is 4. The molecule has 0 saturated heterocycles. The van der Waals surface area contributed by atoms with Crippen molar-refractivity contribution in [3.05, 3.63) is 29.8 Å². The monoisotopic (exact) mass is 407 g/mol. The zero-order valence-electron chi connectivity index (χ0n) is 14.9. The summed E-state index contributed by atoms with van der Waals surface area (Å²) in [5.41, 5.74) is 1.74. The maximum Gasteiger partial charge on any atom is 0.238 e. The van der Waals surface area contributed by atoms with Crippen LogP contribution >= 0.6 is 23.4 Å². The molecule has 1 atom stereocenters. The molecule has 3 rings (SSSR count). The van der Waals surface area contributed by atoms with Crippen molar-refractivity contribution in [1.82, 2.24) is 19.9 Å². The molecule has 0 aliphatic heterocycles. The second kappa shape index (κ2) is 8.45. The third kappa shape index (κ3) is 4.09. The van der Waals surface area contributed by atoms with Crippen LogP contribution in [0.2, 0.25) is 5.02 Å². The fourth-order valence-corrected chi connectivity index (χ4v) is 3.68. The first-order chi connectivity index (χ1) is 13.1. The first-order valence-corrected chi connectivity index (χ1v) is 9.36. The van der Waals surface area contributed by atoms with Crippen LogP contribution in [0.3, 0.4) is 0 Å². The molecule has 0 unspecified atom stereocenters. The number of nitrogens with zero attached hydrogens (tertiary/aromatic N) is 3. The largest absolute Gasteiger partial charge is 0.495 e. The molecule has 0 aliphatic carbocycles. The van der Waals surface area contributed by atoms with Crippen molar-refractivity contribution in [3.8, 4) is 11.5 Å². The molecule has 0 bridgehead atoms. The van der Waals surface area contributed by atoms with Gasteiger partial charge in [0.15, 0.2) is 5.65 Å². The molecule has 8 nitrogen and oxygen atoms in total. The maximum absolute atomic E-state index is 12.8. The van der Waals surface area contributed by atoms with Crippen LogP contribution in [-0.2, 0) is 4.79 Å². The van der Waals surface area contributed by atoms with E-state index in [0.717, 1.165) is 0 Å². The third-order valence-corrected chi connectivity index (χ3v) is 5.50. The average Bonchev–Trinajstić information content (AvgIpc) is 3.15.